The fraction of sp³-hybridized carbons (Fsp3) is 0.586. The van der Waals surface area contributed by atoms with Gasteiger partial charge < -0.3 is 25.4 Å². The number of rotatable bonds is 5. The Balaban J connectivity index is 0.000000789. The first-order valence-corrected chi connectivity index (χ1v) is 13.9. The van der Waals surface area contributed by atoms with Crippen LogP contribution in [0.5, 0.6) is 0 Å². The maximum atomic E-state index is 13.1. The zero-order chi connectivity index (χ0) is 30.5. The summed E-state index contributed by atoms with van der Waals surface area (Å²) >= 11 is 0. The second-order valence-corrected chi connectivity index (χ2v) is 10.1. The first-order valence-electron chi connectivity index (χ1n) is 13.9. The summed E-state index contributed by atoms with van der Waals surface area (Å²) in [6.07, 6.45) is 4.18. The van der Waals surface area contributed by atoms with Crippen LogP contribution in [0.15, 0.2) is 43.0 Å². The Morgan fingerprint density at radius 2 is 1.65 bits per heavy atom. The van der Waals surface area contributed by atoms with E-state index in [0.717, 1.165) is 18.4 Å². The topological polar surface area (TPSA) is 149 Å². The molecule has 3 heterocycles. The SMILES string of the molecule is CC.CC.CC(C)(C)OC(=O)N(Cc1ccccc1)c1ncnc2c1ncn2C1CCC(CN)O1.CC(C)(O)O. The highest BCUT2D eigenvalue weighted by Crippen LogP contribution is 2.32. The summed E-state index contributed by atoms with van der Waals surface area (Å²) < 4.78 is 13.5. The van der Waals surface area contributed by atoms with E-state index in [1.165, 1.54) is 25.1 Å². The quantitative estimate of drug-likeness (QED) is 0.360. The summed E-state index contributed by atoms with van der Waals surface area (Å²) in [5.74, 6) is -1.10. The molecule has 1 fully saturated rings. The van der Waals surface area contributed by atoms with Gasteiger partial charge in [0.15, 0.2) is 22.8 Å². The number of anilines is 1. The molecular weight excluding hydrogens is 512 g/mol. The van der Waals surface area contributed by atoms with Crippen LogP contribution >= 0.6 is 0 Å². The largest absolute Gasteiger partial charge is 0.443 e. The summed E-state index contributed by atoms with van der Waals surface area (Å²) in [4.78, 5) is 28.0. The summed E-state index contributed by atoms with van der Waals surface area (Å²) in [5.41, 5.74) is 7.18. The average Bonchev–Trinajstić information content (AvgIpc) is 3.55. The van der Waals surface area contributed by atoms with E-state index in [9.17, 15) is 4.79 Å². The number of nitrogens with zero attached hydrogens (tertiary/aromatic N) is 5. The summed E-state index contributed by atoms with van der Waals surface area (Å²) in [7, 11) is 0. The van der Waals surface area contributed by atoms with Crippen LogP contribution < -0.4 is 10.6 Å². The molecule has 1 aliphatic heterocycles. The lowest BCUT2D eigenvalue weighted by atomic mass is 10.2. The van der Waals surface area contributed by atoms with E-state index in [0.29, 0.717) is 30.1 Å². The van der Waals surface area contributed by atoms with Gasteiger partial charge in [0.05, 0.1) is 19.0 Å². The summed E-state index contributed by atoms with van der Waals surface area (Å²) in [5, 5.41) is 16.2. The van der Waals surface area contributed by atoms with E-state index in [-0.39, 0.29) is 12.3 Å². The highest BCUT2D eigenvalue weighted by atomic mass is 16.6. The van der Waals surface area contributed by atoms with E-state index >= 15 is 0 Å². The fourth-order valence-electron chi connectivity index (χ4n) is 3.62. The van der Waals surface area contributed by atoms with Crippen LogP contribution in [0.4, 0.5) is 10.6 Å². The second-order valence-electron chi connectivity index (χ2n) is 10.1. The minimum absolute atomic E-state index is 0.0279. The van der Waals surface area contributed by atoms with E-state index in [1.54, 1.807) is 6.33 Å². The number of aliphatic hydroxyl groups is 2. The molecule has 2 atom stereocenters. The van der Waals surface area contributed by atoms with Gasteiger partial charge >= 0.3 is 6.09 Å². The molecule has 40 heavy (non-hydrogen) atoms. The number of carbonyl (C=O) groups excluding carboxylic acids is 1. The molecule has 2 unspecified atom stereocenters. The Bertz CT molecular complexity index is 1140. The third-order valence-corrected chi connectivity index (χ3v) is 5.05. The lowest BCUT2D eigenvalue weighted by Crippen LogP contribution is -2.37. The lowest BCUT2D eigenvalue weighted by Gasteiger charge is -2.27. The van der Waals surface area contributed by atoms with Crippen LogP contribution in [-0.2, 0) is 16.0 Å². The molecule has 4 rings (SSSR count). The first-order chi connectivity index (χ1) is 18.9. The molecule has 11 nitrogen and oxygen atoms in total. The van der Waals surface area contributed by atoms with Crippen LogP contribution in [0.2, 0.25) is 0 Å². The second kappa shape index (κ2) is 16.2. The molecule has 11 heteroatoms. The molecule has 3 aromatic rings. The van der Waals surface area contributed by atoms with Crippen molar-refractivity contribution >= 4 is 23.1 Å². The third-order valence-electron chi connectivity index (χ3n) is 5.05. The van der Waals surface area contributed by atoms with Crippen LogP contribution in [0, 0.1) is 0 Å². The average molecular weight is 561 g/mol. The fourth-order valence-corrected chi connectivity index (χ4v) is 3.62. The van der Waals surface area contributed by atoms with Gasteiger partial charge in [0.2, 0.25) is 0 Å². The van der Waals surface area contributed by atoms with Crippen molar-refractivity contribution in [1.82, 2.24) is 19.5 Å². The molecule has 0 aliphatic carbocycles. The number of hydrogen-bond donors (Lipinski definition) is 3. The van der Waals surface area contributed by atoms with Gasteiger partial charge in [0.25, 0.3) is 0 Å². The number of fused-ring (bicyclic) bond motifs is 1. The summed E-state index contributed by atoms with van der Waals surface area (Å²) in [6.45, 7) is 16.9. The molecule has 1 saturated heterocycles. The highest BCUT2D eigenvalue weighted by Gasteiger charge is 2.30. The van der Waals surface area contributed by atoms with Crippen LogP contribution in [0.25, 0.3) is 11.2 Å². The maximum absolute atomic E-state index is 13.1. The summed E-state index contributed by atoms with van der Waals surface area (Å²) in [6, 6.07) is 9.69. The van der Waals surface area contributed by atoms with Gasteiger partial charge in [-0.3, -0.25) is 9.47 Å². The van der Waals surface area contributed by atoms with Crippen molar-refractivity contribution in [3.05, 3.63) is 48.5 Å². The van der Waals surface area contributed by atoms with E-state index in [4.69, 9.17) is 25.4 Å². The number of aromatic nitrogens is 4. The molecular formula is C29H48N6O5. The standard InChI is InChI=1S/C22H28N6O3.C3H8O2.2C2H6/c1-22(2,3)31-21(29)27(12-15-7-5-4-6-8-15)19-18-20(25-13-24-19)28(14-26-18)17-10-9-16(11-23)30-17;1-3(2,4)5;2*1-2/h4-8,13-14,16-17H,9-12,23H2,1-3H3;4-5H,1-2H3;2*1-2H3. The Kier molecular flexibility index (Phi) is 14.2. The minimum Gasteiger partial charge on any atom is -0.443 e. The first kappa shape index (κ1) is 34.9. The maximum Gasteiger partial charge on any atom is 0.416 e. The van der Waals surface area contributed by atoms with Gasteiger partial charge in [-0.2, -0.15) is 0 Å². The highest BCUT2D eigenvalue weighted by molar-refractivity contribution is 5.95. The van der Waals surface area contributed by atoms with Crippen LogP contribution in [-0.4, -0.2) is 59.9 Å². The smallest absolute Gasteiger partial charge is 0.416 e. The molecule has 2 aromatic heterocycles. The Morgan fingerprint density at radius 3 is 2.17 bits per heavy atom. The predicted molar refractivity (Wildman–Crippen MR) is 158 cm³/mol. The van der Waals surface area contributed by atoms with Crippen LogP contribution in [0.1, 0.15) is 86.9 Å². The molecule has 0 bridgehead atoms. The van der Waals surface area contributed by atoms with Crippen molar-refractivity contribution in [2.24, 2.45) is 5.73 Å². The lowest BCUT2D eigenvalue weighted by molar-refractivity contribution is -0.127. The predicted octanol–water partition coefficient (Wildman–Crippen LogP) is 5.16. The number of imidazole rings is 1. The Morgan fingerprint density at radius 1 is 1.05 bits per heavy atom. The number of benzene rings is 1. The van der Waals surface area contributed by atoms with E-state index < -0.39 is 17.5 Å². The third kappa shape index (κ3) is 11.2. The molecule has 0 saturated carbocycles. The van der Waals surface area contributed by atoms with Crippen molar-refractivity contribution in [2.45, 2.75) is 105 Å². The monoisotopic (exact) mass is 560 g/mol. The number of hydrogen-bond acceptors (Lipinski definition) is 9. The molecule has 0 radical (unpaired) electrons. The van der Waals surface area contributed by atoms with Gasteiger partial charge in [-0.15, -0.1) is 0 Å². The Labute approximate surface area is 238 Å². The molecule has 224 valence electrons. The normalized spacial score (nSPS) is 16.5. The number of amides is 1. The zero-order valence-electron chi connectivity index (χ0n) is 25.5. The van der Waals surface area contributed by atoms with Gasteiger partial charge in [-0.25, -0.2) is 19.7 Å². The number of nitrogens with two attached hydrogens (primary N) is 1. The zero-order valence-corrected chi connectivity index (χ0v) is 25.5. The van der Waals surface area contributed by atoms with Crippen LogP contribution in [0.3, 0.4) is 0 Å². The van der Waals surface area contributed by atoms with Gasteiger partial charge in [0.1, 0.15) is 18.2 Å². The van der Waals surface area contributed by atoms with Crippen molar-refractivity contribution < 1.29 is 24.5 Å². The molecule has 1 aliphatic rings. The molecule has 4 N–H and O–H groups in total. The molecule has 1 aromatic carbocycles. The van der Waals surface area contributed by atoms with Crippen molar-refractivity contribution in [2.75, 3.05) is 11.4 Å². The van der Waals surface area contributed by atoms with Crippen molar-refractivity contribution in [1.29, 1.82) is 0 Å². The Hall–Kier alpha value is -3.12. The van der Waals surface area contributed by atoms with E-state index in [1.807, 2.05) is 83.4 Å². The molecule has 0 spiro atoms. The van der Waals surface area contributed by atoms with E-state index in [2.05, 4.69) is 15.0 Å². The van der Waals surface area contributed by atoms with Gasteiger partial charge in [-0.1, -0.05) is 58.0 Å². The van der Waals surface area contributed by atoms with Crippen molar-refractivity contribution in [3.8, 4) is 0 Å². The van der Waals surface area contributed by atoms with Crippen molar-refractivity contribution in [3.63, 3.8) is 0 Å². The minimum atomic E-state index is -1.50. The number of carbonyl (C=O) groups is 1. The molecule has 1 amide bonds. The van der Waals surface area contributed by atoms with Gasteiger partial charge in [-0.05, 0) is 53.0 Å². The van der Waals surface area contributed by atoms with Gasteiger partial charge in [0, 0.05) is 6.54 Å². The number of ether oxygens (including phenoxy) is 2.